The van der Waals surface area contributed by atoms with E-state index in [1.165, 1.54) is 25.1 Å². The van der Waals surface area contributed by atoms with Gasteiger partial charge in [-0.05, 0) is 31.5 Å². The SMILES string of the molecule is CCC(C)(C(=O)Nc1cc(Br)ccc1F)/C(N)=N/O. The van der Waals surface area contributed by atoms with Crippen molar-refractivity contribution in [2.45, 2.75) is 20.3 Å². The zero-order valence-electron chi connectivity index (χ0n) is 10.6. The number of carbonyl (C=O) groups excluding carboxylic acids is 1. The number of benzene rings is 1. The number of nitrogens with one attached hydrogen (secondary N) is 1. The third-order valence-electron chi connectivity index (χ3n) is 3.06. The summed E-state index contributed by atoms with van der Waals surface area (Å²) >= 11 is 3.19. The molecule has 1 aromatic carbocycles. The molecule has 1 atom stereocenters. The van der Waals surface area contributed by atoms with E-state index in [-0.39, 0.29) is 11.5 Å². The van der Waals surface area contributed by atoms with Crippen LogP contribution in [-0.2, 0) is 4.79 Å². The summed E-state index contributed by atoms with van der Waals surface area (Å²) in [4.78, 5) is 12.2. The number of nitrogens with zero attached hydrogens (tertiary/aromatic N) is 1. The van der Waals surface area contributed by atoms with Crippen molar-refractivity contribution >= 4 is 33.4 Å². The number of hydrogen-bond acceptors (Lipinski definition) is 3. The lowest BCUT2D eigenvalue weighted by Crippen LogP contribution is -2.44. The van der Waals surface area contributed by atoms with Crippen LogP contribution in [0.2, 0.25) is 0 Å². The Bertz CT molecular complexity index is 522. The van der Waals surface area contributed by atoms with Crippen LogP contribution < -0.4 is 11.1 Å². The average Bonchev–Trinajstić information content (AvgIpc) is 2.40. The number of rotatable bonds is 4. The molecule has 1 aromatic rings. The fraction of sp³-hybridized carbons (Fsp3) is 0.333. The number of oxime groups is 1. The summed E-state index contributed by atoms with van der Waals surface area (Å²) in [5, 5.41) is 14.0. The molecule has 19 heavy (non-hydrogen) atoms. The van der Waals surface area contributed by atoms with Crippen molar-refractivity contribution in [3.63, 3.8) is 0 Å². The summed E-state index contributed by atoms with van der Waals surface area (Å²) in [7, 11) is 0. The molecule has 5 nitrogen and oxygen atoms in total. The van der Waals surface area contributed by atoms with E-state index >= 15 is 0 Å². The predicted molar refractivity (Wildman–Crippen MR) is 74.5 cm³/mol. The van der Waals surface area contributed by atoms with Crippen molar-refractivity contribution in [2.24, 2.45) is 16.3 Å². The van der Waals surface area contributed by atoms with Gasteiger partial charge in [0.05, 0.1) is 5.69 Å². The van der Waals surface area contributed by atoms with Crippen LogP contribution in [0.4, 0.5) is 10.1 Å². The van der Waals surface area contributed by atoms with Gasteiger partial charge < -0.3 is 16.3 Å². The second kappa shape index (κ2) is 6.01. The zero-order valence-corrected chi connectivity index (χ0v) is 12.2. The smallest absolute Gasteiger partial charge is 0.238 e. The summed E-state index contributed by atoms with van der Waals surface area (Å²) in [5.74, 6) is -1.32. The molecule has 104 valence electrons. The van der Waals surface area contributed by atoms with Crippen molar-refractivity contribution < 1.29 is 14.4 Å². The van der Waals surface area contributed by atoms with E-state index in [0.29, 0.717) is 10.9 Å². The summed E-state index contributed by atoms with van der Waals surface area (Å²) in [6, 6.07) is 4.19. The maximum absolute atomic E-state index is 13.6. The number of carbonyl (C=O) groups is 1. The third-order valence-corrected chi connectivity index (χ3v) is 3.55. The molecule has 0 spiro atoms. The molecule has 0 saturated carbocycles. The standard InChI is InChI=1S/C12H15BrFN3O2/c1-3-12(2,10(15)17-19)11(18)16-9-6-7(13)4-5-8(9)14/h4-6,19H,3H2,1-2H3,(H2,15,17)(H,16,18). The Kier molecular flexibility index (Phi) is 4.88. The van der Waals surface area contributed by atoms with Gasteiger partial charge in [0, 0.05) is 4.47 Å². The van der Waals surface area contributed by atoms with Gasteiger partial charge in [-0.15, -0.1) is 0 Å². The van der Waals surface area contributed by atoms with Crippen LogP contribution in [0.5, 0.6) is 0 Å². The molecule has 0 aromatic heterocycles. The van der Waals surface area contributed by atoms with Crippen molar-refractivity contribution in [2.75, 3.05) is 5.32 Å². The van der Waals surface area contributed by atoms with E-state index < -0.39 is 17.1 Å². The van der Waals surface area contributed by atoms with Gasteiger partial charge >= 0.3 is 0 Å². The van der Waals surface area contributed by atoms with Crippen LogP contribution in [0.15, 0.2) is 27.8 Å². The number of nitrogens with two attached hydrogens (primary N) is 1. The lowest BCUT2D eigenvalue weighted by atomic mass is 9.85. The monoisotopic (exact) mass is 331 g/mol. The Morgan fingerprint density at radius 3 is 2.79 bits per heavy atom. The van der Waals surface area contributed by atoms with Gasteiger partial charge in [0.1, 0.15) is 11.2 Å². The molecule has 0 heterocycles. The van der Waals surface area contributed by atoms with Gasteiger partial charge in [-0.1, -0.05) is 28.0 Å². The van der Waals surface area contributed by atoms with Gasteiger partial charge in [-0.25, -0.2) is 4.39 Å². The molecule has 1 rings (SSSR count). The van der Waals surface area contributed by atoms with Gasteiger partial charge in [-0.3, -0.25) is 4.79 Å². The number of hydrogen-bond donors (Lipinski definition) is 3. The van der Waals surface area contributed by atoms with Crippen molar-refractivity contribution in [3.05, 3.63) is 28.5 Å². The fourth-order valence-corrected chi connectivity index (χ4v) is 1.78. The molecule has 7 heteroatoms. The van der Waals surface area contributed by atoms with Crippen LogP contribution in [-0.4, -0.2) is 17.0 Å². The lowest BCUT2D eigenvalue weighted by molar-refractivity contribution is -0.121. The van der Waals surface area contributed by atoms with E-state index in [0.717, 1.165) is 0 Å². The topological polar surface area (TPSA) is 87.7 Å². The van der Waals surface area contributed by atoms with Gasteiger partial charge in [0.15, 0.2) is 5.84 Å². The normalized spacial score (nSPS) is 14.8. The molecule has 0 aliphatic rings. The molecule has 1 unspecified atom stereocenters. The van der Waals surface area contributed by atoms with Crippen molar-refractivity contribution in [1.29, 1.82) is 0 Å². The van der Waals surface area contributed by atoms with Crippen LogP contribution in [0.3, 0.4) is 0 Å². The molecule has 0 aliphatic carbocycles. The molecular formula is C12H15BrFN3O2. The van der Waals surface area contributed by atoms with E-state index in [1.807, 2.05) is 0 Å². The number of anilines is 1. The highest BCUT2D eigenvalue weighted by atomic mass is 79.9. The Morgan fingerprint density at radius 1 is 1.63 bits per heavy atom. The van der Waals surface area contributed by atoms with E-state index in [1.54, 1.807) is 6.92 Å². The fourth-order valence-electron chi connectivity index (χ4n) is 1.42. The van der Waals surface area contributed by atoms with Gasteiger partial charge in [0.25, 0.3) is 0 Å². The minimum absolute atomic E-state index is 0.0322. The molecule has 0 aliphatic heterocycles. The Morgan fingerprint density at radius 2 is 2.26 bits per heavy atom. The maximum atomic E-state index is 13.6. The summed E-state index contributed by atoms with van der Waals surface area (Å²) in [6.45, 7) is 3.24. The highest BCUT2D eigenvalue weighted by molar-refractivity contribution is 9.10. The second-order valence-corrected chi connectivity index (χ2v) is 5.16. The van der Waals surface area contributed by atoms with Crippen LogP contribution in [0.1, 0.15) is 20.3 Å². The van der Waals surface area contributed by atoms with Crippen molar-refractivity contribution in [3.8, 4) is 0 Å². The van der Waals surface area contributed by atoms with Crippen LogP contribution in [0, 0.1) is 11.2 Å². The van der Waals surface area contributed by atoms with E-state index in [4.69, 9.17) is 10.9 Å². The molecular weight excluding hydrogens is 317 g/mol. The molecule has 1 amide bonds. The summed E-state index contributed by atoms with van der Waals surface area (Å²) < 4.78 is 14.2. The summed E-state index contributed by atoms with van der Waals surface area (Å²) in [5.41, 5.74) is 4.35. The van der Waals surface area contributed by atoms with Crippen LogP contribution >= 0.6 is 15.9 Å². The highest BCUT2D eigenvalue weighted by Gasteiger charge is 2.36. The molecule has 4 N–H and O–H groups in total. The predicted octanol–water partition coefficient (Wildman–Crippen LogP) is 2.69. The molecule has 0 fully saturated rings. The lowest BCUT2D eigenvalue weighted by Gasteiger charge is -2.25. The van der Waals surface area contributed by atoms with Gasteiger partial charge in [0.2, 0.25) is 5.91 Å². The second-order valence-electron chi connectivity index (χ2n) is 4.25. The molecule has 0 bridgehead atoms. The zero-order chi connectivity index (χ0) is 14.6. The maximum Gasteiger partial charge on any atom is 0.238 e. The highest BCUT2D eigenvalue weighted by Crippen LogP contribution is 2.26. The van der Waals surface area contributed by atoms with Crippen LogP contribution in [0.25, 0.3) is 0 Å². The Balaban J connectivity index is 3.04. The largest absolute Gasteiger partial charge is 0.409 e. The number of amidine groups is 1. The number of amides is 1. The Hall–Kier alpha value is -1.63. The number of halogens is 2. The first-order valence-corrected chi connectivity index (χ1v) is 6.39. The summed E-state index contributed by atoms with van der Waals surface area (Å²) in [6.07, 6.45) is 0.310. The Labute approximate surface area is 118 Å². The quantitative estimate of drug-likeness (QED) is 0.343. The molecule has 0 radical (unpaired) electrons. The van der Waals surface area contributed by atoms with Crippen molar-refractivity contribution in [1.82, 2.24) is 0 Å². The third kappa shape index (κ3) is 3.23. The average molecular weight is 332 g/mol. The minimum atomic E-state index is -1.20. The first kappa shape index (κ1) is 15.4. The van der Waals surface area contributed by atoms with Gasteiger partial charge in [-0.2, -0.15) is 0 Å². The van der Waals surface area contributed by atoms with E-state index in [2.05, 4.69) is 26.4 Å². The molecule has 0 saturated heterocycles. The minimum Gasteiger partial charge on any atom is -0.409 e. The first-order chi connectivity index (χ1) is 8.85. The van der Waals surface area contributed by atoms with E-state index in [9.17, 15) is 9.18 Å². The first-order valence-electron chi connectivity index (χ1n) is 5.59.